The summed E-state index contributed by atoms with van der Waals surface area (Å²) in [5.74, 6) is -2.52. The molecule has 2 aromatic rings. The quantitative estimate of drug-likeness (QED) is 0.634. The second kappa shape index (κ2) is 6.98. The Labute approximate surface area is 141 Å². The van der Waals surface area contributed by atoms with Crippen molar-refractivity contribution in [2.75, 3.05) is 0 Å². The highest BCUT2D eigenvalue weighted by Gasteiger charge is 2.35. The maximum absolute atomic E-state index is 13.3. The van der Waals surface area contributed by atoms with Gasteiger partial charge in [0.05, 0.1) is 21.7 Å². The van der Waals surface area contributed by atoms with E-state index in [9.17, 15) is 27.2 Å². The Morgan fingerprint density at radius 3 is 2.56 bits per heavy atom. The van der Waals surface area contributed by atoms with E-state index < -0.39 is 40.2 Å². The highest BCUT2D eigenvalue weighted by molar-refractivity contribution is 7.98. The summed E-state index contributed by atoms with van der Waals surface area (Å²) in [4.78, 5) is 24.5. The predicted molar refractivity (Wildman–Crippen MR) is 79.7 cm³/mol. The van der Waals surface area contributed by atoms with Gasteiger partial charge in [-0.3, -0.25) is 4.79 Å². The van der Waals surface area contributed by atoms with Crippen LogP contribution >= 0.6 is 11.8 Å². The van der Waals surface area contributed by atoms with Crippen LogP contribution in [0.5, 0.6) is 0 Å². The number of nitrogens with one attached hydrogen (secondary N) is 1. The van der Waals surface area contributed by atoms with Crippen LogP contribution in [-0.4, -0.2) is 16.1 Å². The van der Waals surface area contributed by atoms with Crippen LogP contribution in [-0.2, 0) is 11.9 Å². The van der Waals surface area contributed by atoms with Gasteiger partial charge in [-0.1, -0.05) is 6.07 Å². The summed E-state index contributed by atoms with van der Waals surface area (Å²) in [5, 5.41) is 17.5. The van der Waals surface area contributed by atoms with Crippen molar-refractivity contribution < 1.29 is 27.5 Å². The van der Waals surface area contributed by atoms with Crippen LogP contribution in [0.2, 0.25) is 0 Å². The molecule has 0 radical (unpaired) electrons. The molecule has 2 rings (SSSR count). The van der Waals surface area contributed by atoms with Gasteiger partial charge in [0.2, 0.25) is 5.56 Å². The number of carboxylic acids is 1. The Bertz CT molecular complexity index is 932. The van der Waals surface area contributed by atoms with E-state index in [4.69, 9.17) is 10.4 Å². The molecule has 0 atom stereocenters. The number of halogens is 4. The zero-order valence-electron chi connectivity index (χ0n) is 12.1. The van der Waals surface area contributed by atoms with Crippen LogP contribution in [0.4, 0.5) is 17.6 Å². The van der Waals surface area contributed by atoms with E-state index in [0.29, 0.717) is 23.4 Å². The molecule has 0 bridgehead atoms. The smallest absolute Gasteiger partial charge is 0.417 e. The molecule has 0 unspecified atom stereocenters. The number of hydrogen-bond donors (Lipinski definition) is 2. The number of aromatic amines is 1. The SMILES string of the molecule is N#Cc1c(C(F)(F)F)cc(=O)[nH]c1SCc1ccc(F)c(C(=O)O)c1. The van der Waals surface area contributed by atoms with Gasteiger partial charge in [0.15, 0.2) is 0 Å². The maximum Gasteiger partial charge on any atom is 0.417 e. The maximum atomic E-state index is 13.3. The molecule has 0 aliphatic rings. The molecule has 0 spiro atoms. The van der Waals surface area contributed by atoms with Gasteiger partial charge in [0.25, 0.3) is 0 Å². The summed E-state index contributed by atoms with van der Waals surface area (Å²) in [6.07, 6.45) is -4.87. The molecule has 0 fully saturated rings. The lowest BCUT2D eigenvalue weighted by Crippen LogP contribution is -2.17. The third-order valence-corrected chi connectivity index (χ3v) is 4.14. The molecule has 1 aromatic heterocycles. The van der Waals surface area contributed by atoms with Gasteiger partial charge in [0, 0.05) is 11.8 Å². The molecule has 25 heavy (non-hydrogen) atoms. The first-order valence-corrected chi connectivity index (χ1v) is 7.51. The van der Waals surface area contributed by atoms with Crippen LogP contribution in [0.15, 0.2) is 34.1 Å². The van der Waals surface area contributed by atoms with E-state index in [1.54, 1.807) is 0 Å². The molecule has 0 saturated heterocycles. The number of nitriles is 1. The number of carbonyl (C=O) groups is 1. The van der Waals surface area contributed by atoms with Gasteiger partial charge in [-0.05, 0) is 17.7 Å². The molecule has 0 aliphatic heterocycles. The van der Waals surface area contributed by atoms with Crippen molar-refractivity contribution in [1.82, 2.24) is 4.98 Å². The van der Waals surface area contributed by atoms with E-state index in [0.717, 1.165) is 12.1 Å². The average Bonchev–Trinajstić information content (AvgIpc) is 2.52. The van der Waals surface area contributed by atoms with Crippen LogP contribution in [0.1, 0.15) is 27.0 Å². The van der Waals surface area contributed by atoms with E-state index in [1.807, 2.05) is 0 Å². The van der Waals surface area contributed by atoms with Crippen LogP contribution in [0.3, 0.4) is 0 Å². The zero-order chi connectivity index (χ0) is 18.8. The fraction of sp³-hybridized carbons (Fsp3) is 0.133. The summed E-state index contributed by atoms with van der Waals surface area (Å²) >= 11 is 0.702. The van der Waals surface area contributed by atoms with Crippen molar-refractivity contribution in [3.63, 3.8) is 0 Å². The summed E-state index contributed by atoms with van der Waals surface area (Å²) < 4.78 is 52.1. The number of aromatic carboxylic acids is 1. The molecule has 5 nitrogen and oxygen atoms in total. The highest BCUT2D eigenvalue weighted by Crippen LogP contribution is 2.34. The normalized spacial score (nSPS) is 11.2. The molecule has 0 aliphatic carbocycles. The van der Waals surface area contributed by atoms with Crippen LogP contribution in [0, 0.1) is 17.1 Å². The van der Waals surface area contributed by atoms with Gasteiger partial charge >= 0.3 is 12.1 Å². The number of rotatable bonds is 4. The number of pyridine rings is 1. The lowest BCUT2D eigenvalue weighted by molar-refractivity contribution is -0.138. The van der Waals surface area contributed by atoms with E-state index in [2.05, 4.69) is 4.98 Å². The van der Waals surface area contributed by atoms with Gasteiger partial charge in [-0.2, -0.15) is 18.4 Å². The van der Waals surface area contributed by atoms with E-state index >= 15 is 0 Å². The molecule has 2 N–H and O–H groups in total. The summed E-state index contributed by atoms with van der Waals surface area (Å²) in [5.41, 5.74) is -3.41. The van der Waals surface area contributed by atoms with Crippen molar-refractivity contribution in [3.05, 3.63) is 62.7 Å². The number of benzene rings is 1. The van der Waals surface area contributed by atoms with Crippen molar-refractivity contribution in [2.45, 2.75) is 17.0 Å². The van der Waals surface area contributed by atoms with Gasteiger partial charge in [0.1, 0.15) is 11.9 Å². The third kappa shape index (κ3) is 4.19. The van der Waals surface area contributed by atoms with Crippen LogP contribution in [0.25, 0.3) is 0 Å². The monoisotopic (exact) mass is 372 g/mol. The number of thioether (sulfide) groups is 1. The molecule has 10 heteroatoms. The number of nitrogens with zero attached hydrogens (tertiary/aromatic N) is 1. The minimum atomic E-state index is -4.87. The molecule has 1 heterocycles. The van der Waals surface area contributed by atoms with Crippen LogP contribution < -0.4 is 5.56 Å². The third-order valence-electron chi connectivity index (χ3n) is 3.07. The van der Waals surface area contributed by atoms with Crippen molar-refractivity contribution >= 4 is 17.7 Å². The number of H-pyrrole nitrogens is 1. The van der Waals surface area contributed by atoms with Crippen molar-refractivity contribution in [3.8, 4) is 6.07 Å². The standard InChI is InChI=1S/C15H8F4N2O3S/c16-11-2-1-7(3-8(11)14(23)24)6-25-13-9(5-20)10(15(17,18)19)4-12(22)21-13/h1-4H,6H2,(H,21,22)(H,23,24). The van der Waals surface area contributed by atoms with Gasteiger partial charge < -0.3 is 10.1 Å². The summed E-state index contributed by atoms with van der Waals surface area (Å²) in [6.45, 7) is 0. The summed E-state index contributed by atoms with van der Waals surface area (Å²) in [7, 11) is 0. The fourth-order valence-corrected chi connectivity index (χ4v) is 2.92. The molecule has 130 valence electrons. The largest absolute Gasteiger partial charge is 0.478 e. The number of carboxylic acid groups (broad SMARTS) is 1. The number of aromatic nitrogens is 1. The second-order valence-corrected chi connectivity index (χ2v) is 5.75. The van der Waals surface area contributed by atoms with Crippen molar-refractivity contribution in [2.24, 2.45) is 0 Å². The average molecular weight is 372 g/mol. The molecular weight excluding hydrogens is 364 g/mol. The Kier molecular flexibility index (Phi) is 5.18. The first-order chi connectivity index (χ1) is 11.6. The first kappa shape index (κ1) is 18.5. The Balaban J connectivity index is 2.38. The predicted octanol–water partition coefficient (Wildman–Crippen LogP) is 3.39. The lowest BCUT2D eigenvalue weighted by Gasteiger charge is -2.11. The highest BCUT2D eigenvalue weighted by atomic mass is 32.2. The van der Waals surface area contributed by atoms with E-state index in [1.165, 1.54) is 12.1 Å². The zero-order valence-corrected chi connectivity index (χ0v) is 13.0. The molecule has 0 saturated carbocycles. The second-order valence-electron chi connectivity index (χ2n) is 4.77. The van der Waals surface area contributed by atoms with Gasteiger partial charge in [-0.15, -0.1) is 11.8 Å². The Morgan fingerprint density at radius 1 is 1.32 bits per heavy atom. The summed E-state index contributed by atoms with van der Waals surface area (Å²) in [6, 6.07) is 4.91. The fourth-order valence-electron chi connectivity index (χ4n) is 1.96. The van der Waals surface area contributed by atoms with Gasteiger partial charge in [-0.25, -0.2) is 9.18 Å². The topological polar surface area (TPSA) is 94.0 Å². The number of alkyl halides is 3. The molecule has 0 amide bonds. The number of hydrogen-bond acceptors (Lipinski definition) is 4. The first-order valence-electron chi connectivity index (χ1n) is 6.52. The lowest BCUT2D eigenvalue weighted by atomic mass is 10.1. The van der Waals surface area contributed by atoms with Crippen molar-refractivity contribution in [1.29, 1.82) is 5.26 Å². The molecule has 1 aromatic carbocycles. The minimum absolute atomic E-state index is 0.0769. The Hall–Kier alpha value is -2.80. The molecular formula is C15H8F4N2O3S. The Morgan fingerprint density at radius 2 is 2.00 bits per heavy atom. The van der Waals surface area contributed by atoms with E-state index in [-0.39, 0.29) is 10.8 Å². The minimum Gasteiger partial charge on any atom is -0.478 e.